The molecule has 1 aliphatic rings. The molecule has 1 amide bonds. The summed E-state index contributed by atoms with van der Waals surface area (Å²) in [6, 6.07) is 18.1. The van der Waals surface area contributed by atoms with Crippen LogP contribution < -0.4 is 5.32 Å². The van der Waals surface area contributed by atoms with Gasteiger partial charge in [-0.05, 0) is 55.1 Å². The lowest BCUT2D eigenvalue weighted by Crippen LogP contribution is -2.40. The SMILES string of the molecule is CC(C)c1ccc(NC(=O)[C@H](c2ccccc2)N2CCCCC2)cc1. The molecule has 3 nitrogen and oxygen atoms in total. The number of amides is 1. The van der Waals surface area contributed by atoms with Gasteiger partial charge in [-0.2, -0.15) is 0 Å². The summed E-state index contributed by atoms with van der Waals surface area (Å²) in [5.74, 6) is 0.556. The van der Waals surface area contributed by atoms with E-state index in [1.807, 2.05) is 30.3 Å². The summed E-state index contributed by atoms with van der Waals surface area (Å²) < 4.78 is 0. The van der Waals surface area contributed by atoms with Gasteiger partial charge in [-0.3, -0.25) is 9.69 Å². The number of anilines is 1. The zero-order valence-corrected chi connectivity index (χ0v) is 15.2. The number of hydrogen-bond acceptors (Lipinski definition) is 2. The quantitative estimate of drug-likeness (QED) is 0.835. The van der Waals surface area contributed by atoms with Crippen molar-refractivity contribution >= 4 is 11.6 Å². The first-order valence-corrected chi connectivity index (χ1v) is 9.35. The summed E-state index contributed by atoms with van der Waals surface area (Å²) in [5.41, 5.74) is 3.22. The molecule has 1 fully saturated rings. The fourth-order valence-electron chi connectivity index (χ4n) is 3.50. The number of likely N-dealkylation sites (tertiary alicyclic amines) is 1. The van der Waals surface area contributed by atoms with Crippen LogP contribution in [0.2, 0.25) is 0 Å². The largest absolute Gasteiger partial charge is 0.324 e. The van der Waals surface area contributed by atoms with Crippen LogP contribution >= 0.6 is 0 Å². The molecule has 0 aliphatic carbocycles. The minimum Gasteiger partial charge on any atom is -0.324 e. The van der Waals surface area contributed by atoms with Gasteiger partial charge in [-0.1, -0.05) is 62.7 Å². The molecule has 0 bridgehead atoms. The van der Waals surface area contributed by atoms with Crippen LogP contribution in [0.1, 0.15) is 56.2 Å². The van der Waals surface area contributed by atoms with E-state index in [1.165, 1.54) is 24.8 Å². The van der Waals surface area contributed by atoms with Crippen LogP contribution in [0.3, 0.4) is 0 Å². The van der Waals surface area contributed by atoms with Gasteiger partial charge in [0.25, 0.3) is 0 Å². The van der Waals surface area contributed by atoms with Crippen molar-refractivity contribution in [3.8, 4) is 0 Å². The van der Waals surface area contributed by atoms with Gasteiger partial charge >= 0.3 is 0 Å². The Bertz CT molecular complexity index is 673. The monoisotopic (exact) mass is 336 g/mol. The lowest BCUT2D eigenvalue weighted by atomic mass is 10.0. The summed E-state index contributed by atoms with van der Waals surface area (Å²) >= 11 is 0. The molecule has 0 unspecified atom stereocenters. The molecular weight excluding hydrogens is 308 g/mol. The Morgan fingerprint density at radius 3 is 2.12 bits per heavy atom. The van der Waals surface area contributed by atoms with Crippen molar-refractivity contribution in [3.63, 3.8) is 0 Å². The van der Waals surface area contributed by atoms with Gasteiger partial charge in [-0.25, -0.2) is 0 Å². The summed E-state index contributed by atoms with van der Waals surface area (Å²) in [5, 5.41) is 3.12. The Morgan fingerprint density at radius 1 is 0.880 bits per heavy atom. The predicted octanol–water partition coefficient (Wildman–Crippen LogP) is 4.98. The molecule has 0 radical (unpaired) electrons. The molecule has 1 aliphatic heterocycles. The van der Waals surface area contributed by atoms with Crippen LogP contribution in [0.25, 0.3) is 0 Å². The van der Waals surface area contributed by atoms with Gasteiger partial charge in [0.15, 0.2) is 0 Å². The number of carbonyl (C=O) groups is 1. The van der Waals surface area contributed by atoms with Gasteiger partial charge in [0.1, 0.15) is 6.04 Å². The molecule has 25 heavy (non-hydrogen) atoms. The lowest BCUT2D eigenvalue weighted by molar-refractivity contribution is -0.122. The zero-order valence-electron chi connectivity index (χ0n) is 15.2. The molecular formula is C22H28N2O. The van der Waals surface area contributed by atoms with Gasteiger partial charge < -0.3 is 5.32 Å². The minimum atomic E-state index is -0.216. The molecule has 1 heterocycles. The van der Waals surface area contributed by atoms with E-state index < -0.39 is 0 Å². The normalized spacial score (nSPS) is 16.6. The number of hydrogen-bond donors (Lipinski definition) is 1. The molecule has 3 rings (SSSR count). The molecule has 2 aromatic rings. The minimum absolute atomic E-state index is 0.0606. The third kappa shape index (κ3) is 4.49. The first kappa shape index (κ1) is 17.7. The molecule has 0 saturated carbocycles. The van der Waals surface area contributed by atoms with Crippen LogP contribution in [-0.2, 0) is 4.79 Å². The number of piperidine rings is 1. The van der Waals surface area contributed by atoms with Crippen LogP contribution in [0.4, 0.5) is 5.69 Å². The average Bonchev–Trinajstić information content (AvgIpc) is 2.64. The lowest BCUT2D eigenvalue weighted by Gasteiger charge is -2.34. The summed E-state index contributed by atoms with van der Waals surface area (Å²) in [4.78, 5) is 15.4. The summed E-state index contributed by atoms with van der Waals surface area (Å²) in [6.07, 6.45) is 3.59. The number of nitrogens with zero attached hydrogens (tertiary/aromatic N) is 1. The van der Waals surface area contributed by atoms with Crippen molar-refractivity contribution in [1.82, 2.24) is 4.90 Å². The highest BCUT2D eigenvalue weighted by Crippen LogP contribution is 2.26. The van der Waals surface area contributed by atoms with Crippen molar-refractivity contribution in [2.45, 2.75) is 45.1 Å². The molecule has 2 aromatic carbocycles. The van der Waals surface area contributed by atoms with E-state index >= 15 is 0 Å². The standard InChI is InChI=1S/C22H28N2O/c1-17(2)18-11-13-20(14-12-18)23-22(25)21(19-9-5-3-6-10-19)24-15-7-4-8-16-24/h3,5-6,9-14,17,21H,4,7-8,15-16H2,1-2H3,(H,23,25)/t21-/m0/s1. The molecule has 0 aromatic heterocycles. The van der Waals surface area contributed by atoms with Crippen LogP contribution in [0.5, 0.6) is 0 Å². The van der Waals surface area contributed by atoms with E-state index in [1.54, 1.807) is 0 Å². The van der Waals surface area contributed by atoms with E-state index in [-0.39, 0.29) is 11.9 Å². The predicted molar refractivity (Wildman–Crippen MR) is 104 cm³/mol. The third-order valence-electron chi connectivity index (χ3n) is 4.96. The van der Waals surface area contributed by atoms with E-state index in [9.17, 15) is 4.79 Å². The maximum atomic E-state index is 13.1. The number of carbonyl (C=O) groups excluding carboxylic acids is 1. The smallest absolute Gasteiger partial charge is 0.246 e. The van der Waals surface area contributed by atoms with Crippen molar-refractivity contribution in [2.75, 3.05) is 18.4 Å². The first-order chi connectivity index (χ1) is 12.1. The second-order valence-electron chi connectivity index (χ2n) is 7.18. The highest BCUT2D eigenvalue weighted by molar-refractivity contribution is 5.95. The number of rotatable bonds is 5. The highest BCUT2D eigenvalue weighted by Gasteiger charge is 2.28. The molecule has 132 valence electrons. The fraction of sp³-hybridized carbons (Fsp3) is 0.409. The van der Waals surface area contributed by atoms with E-state index in [2.05, 4.69) is 48.3 Å². The van der Waals surface area contributed by atoms with Crippen LogP contribution in [0, 0.1) is 0 Å². The maximum absolute atomic E-state index is 13.1. The highest BCUT2D eigenvalue weighted by atomic mass is 16.2. The van der Waals surface area contributed by atoms with Crippen molar-refractivity contribution < 1.29 is 4.79 Å². The van der Waals surface area contributed by atoms with Crippen molar-refractivity contribution in [1.29, 1.82) is 0 Å². The summed E-state index contributed by atoms with van der Waals surface area (Å²) in [6.45, 7) is 6.32. The van der Waals surface area contributed by atoms with Crippen molar-refractivity contribution in [3.05, 3.63) is 65.7 Å². The van der Waals surface area contributed by atoms with E-state index in [4.69, 9.17) is 0 Å². The second kappa shape index (κ2) is 8.30. The molecule has 3 heteroatoms. The maximum Gasteiger partial charge on any atom is 0.246 e. The first-order valence-electron chi connectivity index (χ1n) is 9.35. The van der Waals surface area contributed by atoms with Crippen LogP contribution in [-0.4, -0.2) is 23.9 Å². The van der Waals surface area contributed by atoms with Crippen LogP contribution in [0.15, 0.2) is 54.6 Å². The van der Waals surface area contributed by atoms with Crippen molar-refractivity contribution in [2.24, 2.45) is 0 Å². The van der Waals surface area contributed by atoms with Gasteiger partial charge in [0.2, 0.25) is 5.91 Å². The van der Waals surface area contributed by atoms with Gasteiger partial charge in [-0.15, -0.1) is 0 Å². The molecule has 1 atom stereocenters. The Labute approximate surface area is 151 Å². The Balaban J connectivity index is 1.79. The number of nitrogens with one attached hydrogen (secondary N) is 1. The van der Waals surface area contributed by atoms with Gasteiger partial charge in [0, 0.05) is 5.69 Å². The zero-order chi connectivity index (χ0) is 17.6. The third-order valence-corrected chi connectivity index (χ3v) is 4.96. The summed E-state index contributed by atoms with van der Waals surface area (Å²) in [7, 11) is 0. The van der Waals surface area contributed by atoms with E-state index in [0.29, 0.717) is 5.92 Å². The Morgan fingerprint density at radius 2 is 1.52 bits per heavy atom. The average molecular weight is 336 g/mol. The van der Waals surface area contributed by atoms with Gasteiger partial charge in [0.05, 0.1) is 0 Å². The topological polar surface area (TPSA) is 32.3 Å². The second-order valence-corrected chi connectivity index (χ2v) is 7.18. The molecule has 1 N–H and O–H groups in total. The Kier molecular flexibility index (Phi) is 5.87. The Hall–Kier alpha value is -2.13. The molecule has 0 spiro atoms. The fourth-order valence-corrected chi connectivity index (χ4v) is 3.50. The number of benzene rings is 2. The molecule has 1 saturated heterocycles. The van der Waals surface area contributed by atoms with E-state index in [0.717, 1.165) is 24.3 Å².